The number of piperidine rings is 1. The van der Waals surface area contributed by atoms with Gasteiger partial charge in [-0.15, -0.1) is 0 Å². The van der Waals surface area contributed by atoms with E-state index in [0.717, 1.165) is 21.5 Å². The lowest BCUT2D eigenvalue weighted by atomic mass is 9.94. The maximum absolute atomic E-state index is 13.4. The number of carbonyl (C=O) groups is 1. The van der Waals surface area contributed by atoms with E-state index in [4.69, 9.17) is 4.52 Å². The zero-order chi connectivity index (χ0) is 22.0. The summed E-state index contributed by atoms with van der Waals surface area (Å²) in [6.07, 6.45) is 2.60. The summed E-state index contributed by atoms with van der Waals surface area (Å²) in [6, 6.07) is 4.86. The molecule has 12 heteroatoms. The predicted molar refractivity (Wildman–Crippen MR) is 106 cm³/mol. The molecular weight excluding hydrogens is 432 g/mol. The maximum atomic E-state index is 13.4. The van der Waals surface area contributed by atoms with E-state index < -0.39 is 22.0 Å². The molecule has 0 N–H and O–H groups in total. The minimum Gasteiger partial charge on any atom is -0.364 e. The molecule has 2 aromatic rings. The van der Waals surface area contributed by atoms with E-state index in [1.54, 1.807) is 17.0 Å². The Morgan fingerprint density at radius 1 is 1.32 bits per heavy atom. The van der Waals surface area contributed by atoms with Gasteiger partial charge in [0.2, 0.25) is 0 Å². The Morgan fingerprint density at radius 3 is 2.77 bits per heavy atom. The van der Waals surface area contributed by atoms with E-state index in [1.807, 2.05) is 0 Å². The highest BCUT2D eigenvalue weighted by molar-refractivity contribution is 7.94. The number of amides is 1. The van der Waals surface area contributed by atoms with Gasteiger partial charge in [-0.1, -0.05) is 5.16 Å². The van der Waals surface area contributed by atoms with E-state index in [2.05, 4.69) is 10.1 Å². The number of likely N-dealkylation sites (tertiary alicyclic amines) is 1. The molecule has 4 heterocycles. The smallest absolute Gasteiger partial charge is 0.327 e. The summed E-state index contributed by atoms with van der Waals surface area (Å²) in [5.41, 5.74) is 1.21. The van der Waals surface area contributed by atoms with Crippen LogP contribution in [0.2, 0.25) is 0 Å². The van der Waals surface area contributed by atoms with Gasteiger partial charge in [-0.05, 0) is 25.0 Å². The van der Waals surface area contributed by atoms with Crippen LogP contribution in [0.4, 0.5) is 20.3 Å². The fourth-order valence-corrected chi connectivity index (χ4v) is 5.65. The molecule has 0 radical (unpaired) electrons. The number of pyridine rings is 1. The molecule has 1 amide bonds. The number of alkyl halides is 2. The number of aromatic nitrogens is 2. The number of halogens is 2. The minimum atomic E-state index is -3.94. The zero-order valence-electron chi connectivity index (χ0n) is 16.7. The number of nitrogens with zero attached hydrogens (tertiary/aromatic N) is 5. The van der Waals surface area contributed by atoms with Crippen LogP contribution in [0.5, 0.6) is 0 Å². The summed E-state index contributed by atoms with van der Waals surface area (Å²) in [5, 5.41) is 3.70. The minimum absolute atomic E-state index is 0.0761. The third kappa shape index (κ3) is 3.33. The molecule has 1 aliphatic carbocycles. The van der Waals surface area contributed by atoms with E-state index in [-0.39, 0.29) is 36.3 Å². The van der Waals surface area contributed by atoms with Crippen LogP contribution >= 0.6 is 0 Å². The average molecular weight is 453 g/mol. The molecule has 2 fully saturated rings. The third-order valence-electron chi connectivity index (χ3n) is 6.19. The van der Waals surface area contributed by atoms with Gasteiger partial charge in [0.05, 0.1) is 5.69 Å². The van der Waals surface area contributed by atoms with Crippen LogP contribution in [0.1, 0.15) is 41.4 Å². The quantitative estimate of drug-likeness (QED) is 0.704. The molecule has 2 atom stereocenters. The molecule has 0 aromatic carbocycles. The second kappa shape index (κ2) is 6.87. The lowest BCUT2D eigenvalue weighted by molar-refractivity contribution is 0.0695. The topological polar surface area (TPSA) is 99.8 Å². The second-order valence-electron chi connectivity index (χ2n) is 8.22. The van der Waals surface area contributed by atoms with Crippen molar-refractivity contribution in [1.29, 1.82) is 0 Å². The Kier molecular flexibility index (Phi) is 4.47. The third-order valence-corrected chi connectivity index (χ3v) is 7.96. The van der Waals surface area contributed by atoms with Crippen molar-refractivity contribution in [3.8, 4) is 0 Å². The van der Waals surface area contributed by atoms with Crippen molar-refractivity contribution in [2.24, 2.45) is 5.92 Å². The summed E-state index contributed by atoms with van der Waals surface area (Å²) in [4.78, 5) is 18.8. The molecule has 0 bridgehead atoms. The van der Waals surface area contributed by atoms with Gasteiger partial charge in [0.1, 0.15) is 6.26 Å². The molecule has 1 saturated carbocycles. The van der Waals surface area contributed by atoms with Crippen molar-refractivity contribution in [2.45, 2.75) is 31.1 Å². The Hall–Kier alpha value is -2.76. The Balaban J connectivity index is 1.39. The fourth-order valence-electron chi connectivity index (χ4n) is 4.24. The SMILES string of the molecule is CN1c2nc(C3CCCN(C(=O)c4ccon4)C3)ccc2N(CC2CC2(F)F)S1(=O)=O. The van der Waals surface area contributed by atoms with Gasteiger partial charge in [-0.2, -0.15) is 8.42 Å². The van der Waals surface area contributed by atoms with Crippen molar-refractivity contribution >= 4 is 27.6 Å². The zero-order valence-corrected chi connectivity index (χ0v) is 17.6. The van der Waals surface area contributed by atoms with Crippen molar-refractivity contribution in [2.75, 3.05) is 35.3 Å². The van der Waals surface area contributed by atoms with Gasteiger partial charge in [-0.3, -0.25) is 4.79 Å². The first kappa shape index (κ1) is 20.2. The predicted octanol–water partition coefficient (Wildman–Crippen LogP) is 2.25. The molecule has 2 aromatic heterocycles. The molecular formula is C19H21F2N5O4S. The van der Waals surface area contributed by atoms with Gasteiger partial charge in [0, 0.05) is 56.7 Å². The molecule has 5 rings (SSSR count). The van der Waals surface area contributed by atoms with E-state index >= 15 is 0 Å². The normalized spacial score (nSPS) is 26.1. The molecule has 2 unspecified atom stereocenters. The molecule has 2 aliphatic heterocycles. The van der Waals surface area contributed by atoms with Crippen LogP contribution in [0.3, 0.4) is 0 Å². The standard InChI is InChI=1S/C19H21F2N5O4S/c1-24-17-16(26(31(24,28)29)11-13-9-19(13,20)21)5-4-14(22-17)12-3-2-7-25(10-12)18(27)15-6-8-30-23-15/h4-6,8,12-13H,2-3,7,9-11H2,1H3. The first-order valence-corrected chi connectivity index (χ1v) is 11.4. The maximum Gasteiger partial charge on any atom is 0.327 e. The van der Waals surface area contributed by atoms with Gasteiger partial charge in [-0.25, -0.2) is 22.4 Å². The highest BCUT2D eigenvalue weighted by Crippen LogP contribution is 2.51. The number of anilines is 2. The fraction of sp³-hybridized carbons (Fsp3) is 0.526. The number of fused-ring (bicyclic) bond motifs is 1. The van der Waals surface area contributed by atoms with Crippen LogP contribution in [-0.2, 0) is 10.2 Å². The van der Waals surface area contributed by atoms with Crippen LogP contribution < -0.4 is 8.61 Å². The van der Waals surface area contributed by atoms with Crippen LogP contribution in [0.25, 0.3) is 0 Å². The van der Waals surface area contributed by atoms with Crippen LogP contribution in [0, 0.1) is 5.92 Å². The number of hydrogen-bond donors (Lipinski definition) is 0. The van der Waals surface area contributed by atoms with Crippen LogP contribution in [-0.4, -0.2) is 62.0 Å². The van der Waals surface area contributed by atoms with Gasteiger partial charge >= 0.3 is 10.2 Å². The van der Waals surface area contributed by atoms with E-state index in [9.17, 15) is 22.0 Å². The van der Waals surface area contributed by atoms with Crippen LogP contribution in [0.15, 0.2) is 29.0 Å². The number of hydrogen-bond acceptors (Lipinski definition) is 6. The Labute approximate surface area is 177 Å². The largest absolute Gasteiger partial charge is 0.364 e. The molecule has 9 nitrogen and oxygen atoms in total. The van der Waals surface area contributed by atoms with Gasteiger partial charge in [0.25, 0.3) is 11.8 Å². The summed E-state index contributed by atoms with van der Waals surface area (Å²) >= 11 is 0. The van der Waals surface area contributed by atoms with Gasteiger partial charge in [0.15, 0.2) is 11.5 Å². The lowest BCUT2D eigenvalue weighted by Gasteiger charge is -2.32. The highest BCUT2D eigenvalue weighted by Gasteiger charge is 2.59. The molecule has 0 spiro atoms. The summed E-state index contributed by atoms with van der Waals surface area (Å²) in [6.45, 7) is 0.744. The van der Waals surface area contributed by atoms with E-state index in [1.165, 1.54) is 19.4 Å². The molecule has 1 saturated heterocycles. The summed E-state index contributed by atoms with van der Waals surface area (Å²) in [7, 11) is -2.57. The Bertz CT molecular complexity index is 1120. The van der Waals surface area contributed by atoms with Gasteiger partial charge < -0.3 is 9.42 Å². The summed E-state index contributed by atoms with van der Waals surface area (Å²) in [5.74, 6) is -3.87. The van der Waals surface area contributed by atoms with E-state index in [0.29, 0.717) is 24.5 Å². The van der Waals surface area contributed by atoms with Crippen molar-refractivity contribution in [3.05, 3.63) is 35.9 Å². The second-order valence-corrected chi connectivity index (χ2v) is 10.1. The number of rotatable bonds is 4. The molecule has 3 aliphatic rings. The van der Waals surface area contributed by atoms with Crippen molar-refractivity contribution in [3.63, 3.8) is 0 Å². The first-order chi connectivity index (χ1) is 14.7. The monoisotopic (exact) mass is 453 g/mol. The van der Waals surface area contributed by atoms with Crippen molar-refractivity contribution in [1.82, 2.24) is 15.0 Å². The summed E-state index contributed by atoms with van der Waals surface area (Å²) < 4.78 is 59.2. The lowest BCUT2D eigenvalue weighted by Crippen LogP contribution is -2.39. The first-order valence-electron chi connectivity index (χ1n) is 10.0. The highest BCUT2D eigenvalue weighted by atomic mass is 32.2. The number of carbonyl (C=O) groups excluding carboxylic acids is 1. The Morgan fingerprint density at radius 2 is 2.10 bits per heavy atom. The molecule has 166 valence electrons. The molecule has 31 heavy (non-hydrogen) atoms. The van der Waals surface area contributed by atoms with Crippen molar-refractivity contribution < 1.29 is 26.5 Å². The average Bonchev–Trinajstić information content (AvgIpc) is 3.10.